The molecule has 3 nitrogen and oxygen atoms in total. The van der Waals surface area contributed by atoms with Crippen molar-refractivity contribution in [2.24, 2.45) is 0 Å². The predicted molar refractivity (Wildman–Crippen MR) is 150 cm³/mol. The fraction of sp³-hybridized carbons (Fsp3) is 0.963. The highest BCUT2D eigenvalue weighted by atomic mass is 32.2. The Morgan fingerprint density at radius 2 is 0.875 bits per heavy atom. The Hall–Kier alpha value is -0.0300. The van der Waals surface area contributed by atoms with Crippen LogP contribution in [0, 0.1) is 0 Å². The molecule has 0 rings (SSSR count). The maximum Gasteiger partial charge on any atom is 0.316 e. The topological polar surface area (TPSA) is 41.1 Å². The first-order chi connectivity index (χ1) is 15.2. The molecule has 0 aromatic heterocycles. The van der Waals surface area contributed by atoms with Gasteiger partial charge in [-0.25, -0.2) is 4.79 Å². The molecule has 0 unspecified atom stereocenters. The number of urea groups is 1. The van der Waals surface area contributed by atoms with Gasteiger partial charge in [0, 0.05) is 9.49 Å². The molecule has 0 aliphatic carbocycles. The van der Waals surface area contributed by atoms with Gasteiger partial charge in [-0.2, -0.15) is 0 Å². The second kappa shape index (κ2) is 20.4. The van der Waals surface area contributed by atoms with Crippen LogP contribution in [-0.4, -0.2) is 27.3 Å². The Balaban J connectivity index is 3.73. The predicted octanol–water partition coefficient (Wildman–Crippen LogP) is 9.51. The highest BCUT2D eigenvalue weighted by molar-refractivity contribution is 8.00. The molecule has 0 aromatic rings. The number of thioether (sulfide) groups is 2. The maximum atomic E-state index is 12.1. The monoisotopic (exact) mass is 488 g/mol. The minimum absolute atomic E-state index is 0.0385. The molecule has 0 saturated carbocycles. The summed E-state index contributed by atoms with van der Waals surface area (Å²) in [5.74, 6) is 1.36. The zero-order valence-electron chi connectivity index (χ0n) is 22.5. The first-order valence-corrected chi connectivity index (χ1v) is 15.5. The minimum atomic E-state index is -0.0385. The van der Waals surface area contributed by atoms with Crippen molar-refractivity contribution < 1.29 is 4.79 Å². The van der Waals surface area contributed by atoms with Crippen LogP contribution < -0.4 is 10.6 Å². The van der Waals surface area contributed by atoms with Gasteiger partial charge in [0.15, 0.2) is 0 Å². The van der Waals surface area contributed by atoms with Crippen LogP contribution in [0.1, 0.15) is 144 Å². The fourth-order valence-electron chi connectivity index (χ4n) is 3.82. The van der Waals surface area contributed by atoms with E-state index in [9.17, 15) is 4.79 Å². The van der Waals surface area contributed by atoms with Gasteiger partial charge in [0.1, 0.15) is 0 Å². The summed E-state index contributed by atoms with van der Waals surface area (Å²) in [5, 5.41) is 6.05. The van der Waals surface area contributed by atoms with Gasteiger partial charge in [0.05, 0.1) is 11.8 Å². The molecule has 2 amide bonds. The van der Waals surface area contributed by atoms with Crippen LogP contribution in [-0.2, 0) is 0 Å². The summed E-state index contributed by atoms with van der Waals surface area (Å²) in [4.78, 5) is 12.1. The van der Waals surface area contributed by atoms with Crippen LogP contribution in [0.3, 0.4) is 0 Å². The number of amides is 2. The summed E-state index contributed by atoms with van der Waals surface area (Å²) < 4.78 is 0.452. The smallest absolute Gasteiger partial charge is 0.316 e. The first kappa shape index (κ1) is 32.0. The average molecular weight is 489 g/mol. The van der Waals surface area contributed by atoms with Crippen LogP contribution in [0.2, 0.25) is 0 Å². The lowest BCUT2D eigenvalue weighted by atomic mass is 10.0. The van der Waals surface area contributed by atoms with Gasteiger partial charge in [0.2, 0.25) is 0 Å². The molecule has 0 bridgehead atoms. The van der Waals surface area contributed by atoms with E-state index in [1.54, 1.807) is 0 Å². The van der Waals surface area contributed by atoms with Crippen LogP contribution in [0.25, 0.3) is 0 Å². The third-order valence-corrected chi connectivity index (χ3v) is 8.70. The number of unbranched alkanes of at least 4 members (excludes halogenated alkanes) is 12. The van der Waals surface area contributed by atoms with Gasteiger partial charge in [-0.1, -0.05) is 131 Å². The van der Waals surface area contributed by atoms with Gasteiger partial charge in [0.25, 0.3) is 0 Å². The Bertz CT molecular complexity index is 403. The van der Waals surface area contributed by atoms with Crippen LogP contribution in [0.15, 0.2) is 0 Å². The molecular formula is C27H56N2OS2. The number of rotatable bonds is 22. The van der Waals surface area contributed by atoms with Crippen molar-refractivity contribution in [2.75, 3.05) is 11.8 Å². The lowest BCUT2D eigenvalue weighted by Crippen LogP contribution is -2.37. The summed E-state index contributed by atoms with van der Waals surface area (Å²) in [7, 11) is 0. The zero-order valence-corrected chi connectivity index (χ0v) is 24.1. The SMILES string of the molecule is CCCCCCCCCC(C)(C)SCNC(=O)NCSC(C)(C)CCCCCCCCC. The van der Waals surface area contributed by atoms with E-state index in [-0.39, 0.29) is 15.5 Å². The van der Waals surface area contributed by atoms with Crippen molar-refractivity contribution in [1.29, 1.82) is 0 Å². The van der Waals surface area contributed by atoms with Gasteiger partial charge in [-0.05, 0) is 12.8 Å². The number of hydrogen-bond donors (Lipinski definition) is 2. The Kier molecular flexibility index (Phi) is 20.3. The van der Waals surface area contributed by atoms with E-state index in [1.165, 1.54) is 103 Å². The van der Waals surface area contributed by atoms with Crippen molar-refractivity contribution in [3.63, 3.8) is 0 Å². The number of hydrogen-bond acceptors (Lipinski definition) is 3. The molecule has 32 heavy (non-hydrogen) atoms. The average Bonchev–Trinajstić information content (AvgIpc) is 2.72. The number of carbonyl (C=O) groups is 1. The molecule has 0 aromatic carbocycles. The van der Waals surface area contributed by atoms with Gasteiger partial charge < -0.3 is 10.6 Å². The number of nitrogens with one attached hydrogen (secondary N) is 2. The van der Waals surface area contributed by atoms with Crippen molar-refractivity contribution >= 4 is 29.6 Å². The van der Waals surface area contributed by atoms with E-state index < -0.39 is 0 Å². The molecule has 0 fully saturated rings. The minimum Gasteiger partial charge on any atom is -0.329 e. The van der Waals surface area contributed by atoms with Crippen LogP contribution in [0.5, 0.6) is 0 Å². The molecule has 0 saturated heterocycles. The molecule has 192 valence electrons. The van der Waals surface area contributed by atoms with Crippen LogP contribution >= 0.6 is 23.5 Å². The molecule has 0 heterocycles. The first-order valence-electron chi connectivity index (χ1n) is 13.5. The van der Waals surface area contributed by atoms with Gasteiger partial charge >= 0.3 is 6.03 Å². The van der Waals surface area contributed by atoms with Crippen molar-refractivity contribution in [3.8, 4) is 0 Å². The van der Waals surface area contributed by atoms with Crippen molar-refractivity contribution in [3.05, 3.63) is 0 Å². The number of carbonyl (C=O) groups excluding carboxylic acids is 1. The quantitative estimate of drug-likeness (QED) is 0.118. The zero-order chi connectivity index (χ0) is 24.1. The molecule has 0 radical (unpaired) electrons. The molecule has 5 heteroatoms. The molecule has 0 spiro atoms. The maximum absolute atomic E-state index is 12.1. The summed E-state index contributed by atoms with van der Waals surface area (Å²) in [6.07, 6.45) is 21.4. The van der Waals surface area contributed by atoms with Crippen LogP contribution in [0.4, 0.5) is 4.79 Å². The lowest BCUT2D eigenvalue weighted by molar-refractivity contribution is 0.244. The van der Waals surface area contributed by atoms with E-state index >= 15 is 0 Å². The van der Waals surface area contributed by atoms with E-state index in [2.05, 4.69) is 52.2 Å². The van der Waals surface area contributed by atoms with E-state index in [0.717, 1.165) is 0 Å². The van der Waals surface area contributed by atoms with Gasteiger partial charge in [-0.3, -0.25) is 0 Å². The fourth-order valence-corrected chi connectivity index (χ4v) is 5.58. The van der Waals surface area contributed by atoms with E-state index in [0.29, 0.717) is 11.8 Å². The largest absolute Gasteiger partial charge is 0.329 e. The van der Waals surface area contributed by atoms with E-state index in [4.69, 9.17) is 0 Å². The third kappa shape index (κ3) is 21.8. The summed E-state index contributed by atoms with van der Waals surface area (Å²) >= 11 is 3.72. The highest BCUT2D eigenvalue weighted by Crippen LogP contribution is 2.30. The van der Waals surface area contributed by atoms with Crippen molar-refractivity contribution in [1.82, 2.24) is 10.6 Å². The van der Waals surface area contributed by atoms with Gasteiger partial charge in [-0.15, -0.1) is 23.5 Å². The molecule has 0 atom stereocenters. The third-order valence-electron chi connectivity index (χ3n) is 6.16. The second-order valence-corrected chi connectivity index (χ2v) is 13.9. The van der Waals surface area contributed by atoms with E-state index in [1.807, 2.05) is 23.5 Å². The Labute approximate surface area is 210 Å². The Morgan fingerprint density at radius 1 is 0.562 bits per heavy atom. The highest BCUT2D eigenvalue weighted by Gasteiger charge is 2.19. The Morgan fingerprint density at radius 3 is 1.22 bits per heavy atom. The summed E-state index contributed by atoms with van der Waals surface area (Å²) in [6.45, 7) is 13.7. The summed E-state index contributed by atoms with van der Waals surface area (Å²) in [6, 6.07) is -0.0385. The van der Waals surface area contributed by atoms with Crippen molar-refractivity contribution in [2.45, 2.75) is 154 Å². The normalized spacial score (nSPS) is 12.2. The lowest BCUT2D eigenvalue weighted by Gasteiger charge is -2.25. The molecular weight excluding hydrogens is 432 g/mol. The summed E-state index contributed by atoms with van der Waals surface area (Å²) in [5.41, 5.74) is 0. The molecule has 2 N–H and O–H groups in total. The second-order valence-electron chi connectivity index (χ2n) is 10.5. The molecule has 0 aliphatic heterocycles. The molecule has 0 aliphatic rings. The standard InChI is InChI=1S/C27H56N2OS2/c1-7-9-11-13-15-17-19-21-26(3,4)31-23-28-25(30)29-24-32-27(5,6)22-20-18-16-14-12-10-8-2/h7-24H2,1-6H3,(H2,28,29,30).